The minimum absolute atomic E-state index is 0.298. The Labute approximate surface area is 133 Å². The van der Waals surface area contributed by atoms with E-state index in [0.29, 0.717) is 24.4 Å². The summed E-state index contributed by atoms with van der Waals surface area (Å²) in [5.74, 6) is -0.922. The van der Waals surface area contributed by atoms with Crippen LogP contribution in [0.5, 0.6) is 0 Å². The Morgan fingerprint density at radius 1 is 1.38 bits per heavy atom. The highest BCUT2D eigenvalue weighted by atomic mass is 79.9. The smallest absolute Gasteiger partial charge is 0.337 e. The first-order valence-corrected chi connectivity index (χ1v) is 11.4. The Morgan fingerprint density at radius 2 is 2.10 bits per heavy atom. The average Bonchev–Trinajstić information content (AvgIpc) is 2.71. The molecule has 0 saturated carbocycles. The molecule has 0 aliphatic rings. The van der Waals surface area contributed by atoms with Crippen LogP contribution in [0.25, 0.3) is 10.9 Å². The Kier molecular flexibility index (Phi) is 4.90. The number of carboxylic acid groups (broad SMARTS) is 1. The summed E-state index contributed by atoms with van der Waals surface area (Å²) in [6, 6.07) is 6.38. The van der Waals surface area contributed by atoms with Crippen molar-refractivity contribution in [3.63, 3.8) is 0 Å². The molecule has 2 rings (SSSR count). The van der Waals surface area contributed by atoms with Crippen molar-refractivity contribution in [2.45, 2.75) is 32.4 Å². The summed E-state index contributed by atoms with van der Waals surface area (Å²) < 4.78 is 8.47. The highest BCUT2D eigenvalue weighted by molar-refractivity contribution is 9.10. The van der Waals surface area contributed by atoms with E-state index in [-0.39, 0.29) is 0 Å². The first-order chi connectivity index (χ1) is 9.79. The molecule has 0 amide bonds. The van der Waals surface area contributed by atoms with Gasteiger partial charge in [0.25, 0.3) is 0 Å². The van der Waals surface area contributed by atoms with E-state index < -0.39 is 14.0 Å². The van der Waals surface area contributed by atoms with E-state index in [0.717, 1.165) is 15.9 Å². The highest BCUT2D eigenvalue weighted by Gasteiger charge is 2.16. The highest BCUT2D eigenvalue weighted by Crippen LogP contribution is 2.29. The lowest BCUT2D eigenvalue weighted by molar-refractivity contribution is 0.0696. The minimum Gasteiger partial charge on any atom is -0.478 e. The Balaban J connectivity index is 2.22. The molecule has 1 aromatic carbocycles. The predicted molar refractivity (Wildman–Crippen MR) is 90.7 cm³/mol. The van der Waals surface area contributed by atoms with Gasteiger partial charge in [-0.25, -0.2) is 4.79 Å². The summed E-state index contributed by atoms with van der Waals surface area (Å²) in [5.41, 5.74) is 0.997. The topological polar surface area (TPSA) is 51.5 Å². The lowest BCUT2D eigenvalue weighted by Crippen LogP contribution is -2.22. The number of hydrogen-bond acceptors (Lipinski definition) is 2. The minimum atomic E-state index is -1.11. The van der Waals surface area contributed by atoms with Crippen molar-refractivity contribution >= 4 is 40.9 Å². The fourth-order valence-corrected chi connectivity index (χ4v) is 3.46. The van der Waals surface area contributed by atoms with Gasteiger partial charge in [-0.1, -0.05) is 31.8 Å². The summed E-state index contributed by atoms with van der Waals surface area (Å²) in [7, 11) is -1.11. The second-order valence-corrected chi connectivity index (χ2v) is 12.8. The van der Waals surface area contributed by atoms with Crippen LogP contribution >= 0.6 is 15.9 Å². The van der Waals surface area contributed by atoms with Gasteiger partial charge in [-0.3, -0.25) is 0 Å². The van der Waals surface area contributed by atoms with Gasteiger partial charge in [0.05, 0.1) is 11.1 Å². The molecule has 0 aliphatic carbocycles. The molecule has 0 bridgehead atoms. The van der Waals surface area contributed by atoms with Gasteiger partial charge in [0.1, 0.15) is 6.73 Å². The normalized spacial score (nSPS) is 12.0. The molecule has 1 heterocycles. The van der Waals surface area contributed by atoms with Gasteiger partial charge in [-0.15, -0.1) is 0 Å². The Morgan fingerprint density at radius 3 is 2.71 bits per heavy atom. The zero-order valence-electron chi connectivity index (χ0n) is 12.5. The molecule has 1 aromatic heterocycles. The molecule has 0 fully saturated rings. The number of halogens is 1. The van der Waals surface area contributed by atoms with E-state index in [9.17, 15) is 9.90 Å². The van der Waals surface area contributed by atoms with E-state index in [1.807, 2.05) is 16.8 Å². The molecule has 0 saturated heterocycles. The van der Waals surface area contributed by atoms with Crippen LogP contribution in [0.3, 0.4) is 0 Å². The second kappa shape index (κ2) is 6.33. The van der Waals surface area contributed by atoms with Gasteiger partial charge in [0, 0.05) is 30.7 Å². The Hall–Kier alpha value is -1.11. The number of para-hydroxylation sites is 1. The fraction of sp³-hybridized carbons (Fsp3) is 0.400. The number of rotatable bonds is 6. The Bertz CT molecular complexity index is 661. The summed E-state index contributed by atoms with van der Waals surface area (Å²) in [6.45, 7) is 8.00. The number of carboxylic acids is 1. The molecular weight excluding hydrogens is 350 g/mol. The molecule has 0 spiro atoms. The van der Waals surface area contributed by atoms with E-state index >= 15 is 0 Å². The van der Waals surface area contributed by atoms with E-state index in [2.05, 4.69) is 35.6 Å². The molecule has 4 nitrogen and oxygen atoms in total. The van der Waals surface area contributed by atoms with Crippen molar-refractivity contribution in [2.24, 2.45) is 0 Å². The number of benzene rings is 1. The zero-order chi connectivity index (χ0) is 15.6. The lowest BCUT2D eigenvalue weighted by atomic mass is 10.1. The van der Waals surface area contributed by atoms with Gasteiger partial charge in [0.2, 0.25) is 0 Å². The lowest BCUT2D eigenvalue weighted by Gasteiger charge is -2.16. The van der Waals surface area contributed by atoms with Crippen molar-refractivity contribution in [3.05, 3.63) is 34.4 Å². The summed E-state index contributed by atoms with van der Waals surface area (Å²) in [5, 5.41) is 10.2. The van der Waals surface area contributed by atoms with Crippen LogP contribution in [0.15, 0.2) is 28.9 Å². The summed E-state index contributed by atoms with van der Waals surface area (Å²) in [4.78, 5) is 11.4. The molecule has 114 valence electrons. The van der Waals surface area contributed by atoms with E-state index in [1.54, 1.807) is 12.1 Å². The van der Waals surface area contributed by atoms with Crippen molar-refractivity contribution in [2.75, 3.05) is 6.61 Å². The predicted octanol–water partition coefficient (Wildman–Crippen LogP) is 4.41. The number of aromatic nitrogens is 1. The molecular formula is C15H20BrNO3Si. The van der Waals surface area contributed by atoms with Gasteiger partial charge in [-0.2, -0.15) is 0 Å². The van der Waals surface area contributed by atoms with Gasteiger partial charge in [0.15, 0.2) is 0 Å². The molecule has 0 unspecified atom stereocenters. The van der Waals surface area contributed by atoms with Gasteiger partial charge >= 0.3 is 5.97 Å². The number of ether oxygens (including phenoxy) is 1. The third-order valence-electron chi connectivity index (χ3n) is 3.31. The largest absolute Gasteiger partial charge is 0.478 e. The number of hydrogen-bond donors (Lipinski definition) is 1. The quantitative estimate of drug-likeness (QED) is 0.605. The average molecular weight is 370 g/mol. The van der Waals surface area contributed by atoms with Gasteiger partial charge in [-0.05, 0) is 28.0 Å². The summed E-state index contributed by atoms with van der Waals surface area (Å²) >= 11 is 3.48. The molecule has 2 aromatic rings. The van der Waals surface area contributed by atoms with Crippen molar-refractivity contribution < 1.29 is 14.6 Å². The first-order valence-electron chi connectivity index (χ1n) is 6.88. The van der Waals surface area contributed by atoms with Crippen LogP contribution in [-0.2, 0) is 11.5 Å². The molecule has 6 heteroatoms. The molecule has 1 N–H and O–H groups in total. The van der Waals surface area contributed by atoms with Gasteiger partial charge < -0.3 is 14.4 Å². The molecule has 0 atom stereocenters. The fourth-order valence-electron chi connectivity index (χ4n) is 2.13. The van der Waals surface area contributed by atoms with Crippen molar-refractivity contribution in [1.29, 1.82) is 0 Å². The molecule has 21 heavy (non-hydrogen) atoms. The van der Waals surface area contributed by atoms with E-state index in [1.165, 1.54) is 0 Å². The molecule has 0 aliphatic heterocycles. The SMILES string of the molecule is C[Si](C)(C)CCOCn1cc(Br)c2cccc(C(=O)O)c21. The molecule has 0 radical (unpaired) electrons. The first kappa shape index (κ1) is 16.3. The third kappa shape index (κ3) is 3.96. The van der Waals surface area contributed by atoms with Crippen LogP contribution in [-0.4, -0.2) is 30.3 Å². The zero-order valence-corrected chi connectivity index (χ0v) is 15.1. The van der Waals surface area contributed by atoms with Crippen LogP contribution in [0.4, 0.5) is 0 Å². The second-order valence-electron chi connectivity index (χ2n) is 6.30. The van der Waals surface area contributed by atoms with Crippen LogP contribution in [0.2, 0.25) is 25.7 Å². The maximum atomic E-state index is 11.4. The van der Waals surface area contributed by atoms with Crippen LogP contribution < -0.4 is 0 Å². The van der Waals surface area contributed by atoms with Crippen molar-refractivity contribution in [3.8, 4) is 0 Å². The number of aromatic carboxylic acids is 1. The number of fused-ring (bicyclic) bond motifs is 1. The van der Waals surface area contributed by atoms with Crippen LogP contribution in [0.1, 0.15) is 10.4 Å². The number of carbonyl (C=O) groups is 1. The van der Waals surface area contributed by atoms with E-state index in [4.69, 9.17) is 4.74 Å². The maximum Gasteiger partial charge on any atom is 0.337 e. The standard InChI is InChI=1S/C15H20BrNO3Si/c1-21(2,3)8-7-20-10-17-9-13(16)11-5-4-6-12(14(11)17)15(18)19/h4-6,9H,7-8,10H2,1-3H3,(H,18,19). The maximum absolute atomic E-state index is 11.4. The van der Waals surface area contributed by atoms with Crippen LogP contribution in [0, 0.1) is 0 Å². The number of nitrogens with zero attached hydrogens (tertiary/aromatic N) is 1. The summed E-state index contributed by atoms with van der Waals surface area (Å²) in [6.07, 6.45) is 1.88. The van der Waals surface area contributed by atoms with Crippen molar-refractivity contribution in [1.82, 2.24) is 4.57 Å². The monoisotopic (exact) mass is 369 g/mol. The third-order valence-corrected chi connectivity index (χ3v) is 5.64.